The minimum atomic E-state index is -3.59. The third-order valence-electron chi connectivity index (χ3n) is 3.67. The van der Waals surface area contributed by atoms with Gasteiger partial charge in [-0.15, -0.1) is 5.10 Å². The molecule has 0 amide bonds. The molecule has 0 saturated carbocycles. The Kier molecular flexibility index (Phi) is 4.79. The zero-order valence-electron chi connectivity index (χ0n) is 12.4. The highest BCUT2D eigenvalue weighted by molar-refractivity contribution is 7.91. The van der Waals surface area contributed by atoms with Gasteiger partial charge in [0.15, 0.2) is 5.82 Å². The highest BCUT2D eigenvalue weighted by Gasteiger charge is 2.19. The largest absolute Gasteiger partial charge is 0.309 e. The van der Waals surface area contributed by atoms with Crippen molar-refractivity contribution in [3.05, 3.63) is 52.7 Å². The quantitative estimate of drug-likeness (QED) is 0.863. The van der Waals surface area contributed by atoms with Gasteiger partial charge in [0, 0.05) is 5.02 Å². The second-order valence-corrected chi connectivity index (χ2v) is 7.57. The van der Waals surface area contributed by atoms with E-state index in [0.29, 0.717) is 10.6 Å². The maximum atomic E-state index is 12.2. The summed E-state index contributed by atoms with van der Waals surface area (Å²) in [6.45, 7) is 0.971. The maximum absolute atomic E-state index is 12.2. The standard InChI is InChI=1S/C15H17ClN4O2S/c16-12-5-2-1-4-11(12)10-23(21,22)20-15-8-7-14(18-19-15)13-6-3-9-17-13/h1-2,4-5,7-8,13,17H,3,6,9-10H2,(H,19,20). The zero-order chi connectivity index (χ0) is 16.3. The maximum Gasteiger partial charge on any atom is 0.238 e. The van der Waals surface area contributed by atoms with Crippen LogP contribution in [0.1, 0.15) is 30.1 Å². The first-order valence-corrected chi connectivity index (χ1v) is 9.37. The van der Waals surface area contributed by atoms with Gasteiger partial charge in [-0.3, -0.25) is 4.72 Å². The molecule has 6 nitrogen and oxygen atoms in total. The van der Waals surface area contributed by atoms with Gasteiger partial charge in [0.2, 0.25) is 10.0 Å². The summed E-state index contributed by atoms with van der Waals surface area (Å²) in [6, 6.07) is 10.5. The number of hydrogen-bond donors (Lipinski definition) is 2. The van der Waals surface area contributed by atoms with Gasteiger partial charge in [0.1, 0.15) is 0 Å². The summed E-state index contributed by atoms with van der Waals surface area (Å²) >= 11 is 6.00. The Labute approximate surface area is 140 Å². The molecule has 23 heavy (non-hydrogen) atoms. The SMILES string of the molecule is O=S(=O)(Cc1ccccc1Cl)Nc1ccc(C2CCCN2)nn1. The lowest BCUT2D eigenvalue weighted by molar-refractivity contribution is 0.599. The van der Waals surface area contributed by atoms with Crippen LogP contribution in [-0.2, 0) is 15.8 Å². The van der Waals surface area contributed by atoms with Gasteiger partial charge < -0.3 is 5.32 Å². The Balaban J connectivity index is 1.69. The molecule has 3 rings (SSSR count). The number of halogens is 1. The summed E-state index contributed by atoms with van der Waals surface area (Å²) in [5.74, 6) is -0.000828. The Morgan fingerprint density at radius 1 is 1.22 bits per heavy atom. The fraction of sp³-hybridized carbons (Fsp3) is 0.333. The third-order valence-corrected chi connectivity index (χ3v) is 5.25. The van der Waals surface area contributed by atoms with Crippen molar-refractivity contribution in [2.24, 2.45) is 0 Å². The van der Waals surface area contributed by atoms with Crippen LogP contribution in [0.25, 0.3) is 0 Å². The summed E-state index contributed by atoms with van der Waals surface area (Å²) in [6.07, 6.45) is 2.13. The van der Waals surface area contributed by atoms with E-state index < -0.39 is 10.0 Å². The van der Waals surface area contributed by atoms with E-state index in [2.05, 4.69) is 20.2 Å². The number of rotatable bonds is 5. The highest BCUT2D eigenvalue weighted by Crippen LogP contribution is 2.22. The van der Waals surface area contributed by atoms with Gasteiger partial charge in [-0.05, 0) is 43.1 Å². The first-order chi connectivity index (χ1) is 11.0. The van der Waals surface area contributed by atoms with Gasteiger partial charge in [-0.2, -0.15) is 5.10 Å². The van der Waals surface area contributed by atoms with E-state index >= 15 is 0 Å². The van der Waals surface area contributed by atoms with Crippen LogP contribution in [-0.4, -0.2) is 25.2 Å². The van der Waals surface area contributed by atoms with E-state index in [-0.39, 0.29) is 17.6 Å². The minimum Gasteiger partial charge on any atom is -0.309 e. The lowest BCUT2D eigenvalue weighted by Gasteiger charge is -2.10. The molecule has 1 aromatic heterocycles. The van der Waals surface area contributed by atoms with Crippen LogP contribution in [0.3, 0.4) is 0 Å². The van der Waals surface area contributed by atoms with E-state index in [4.69, 9.17) is 11.6 Å². The van der Waals surface area contributed by atoms with Crippen LogP contribution in [0.5, 0.6) is 0 Å². The molecule has 2 aromatic rings. The number of sulfonamides is 1. The number of hydrogen-bond acceptors (Lipinski definition) is 5. The van der Waals surface area contributed by atoms with Crippen molar-refractivity contribution >= 4 is 27.4 Å². The third kappa shape index (κ3) is 4.19. The Bertz CT molecular complexity index is 774. The summed E-state index contributed by atoms with van der Waals surface area (Å²) in [4.78, 5) is 0. The molecule has 0 radical (unpaired) electrons. The van der Waals surface area contributed by atoms with Gasteiger partial charge in [0.25, 0.3) is 0 Å². The minimum absolute atomic E-state index is 0.205. The Morgan fingerprint density at radius 2 is 2.04 bits per heavy atom. The van der Waals surface area contributed by atoms with Crippen LogP contribution in [0.4, 0.5) is 5.82 Å². The molecule has 2 N–H and O–H groups in total. The monoisotopic (exact) mass is 352 g/mol. The molecule has 1 atom stereocenters. The van der Waals surface area contributed by atoms with Gasteiger partial charge in [-0.25, -0.2) is 8.42 Å². The molecular formula is C15H17ClN4O2S. The van der Waals surface area contributed by atoms with Crippen LogP contribution in [0.15, 0.2) is 36.4 Å². The van der Waals surface area contributed by atoms with Crippen LogP contribution in [0, 0.1) is 0 Å². The zero-order valence-corrected chi connectivity index (χ0v) is 13.9. The van der Waals surface area contributed by atoms with E-state index in [1.807, 2.05) is 0 Å². The van der Waals surface area contributed by atoms with Gasteiger partial charge in [-0.1, -0.05) is 29.8 Å². The van der Waals surface area contributed by atoms with Crippen molar-refractivity contribution in [1.29, 1.82) is 0 Å². The first-order valence-electron chi connectivity index (χ1n) is 7.34. The normalized spacial score (nSPS) is 18.0. The fourth-order valence-corrected chi connectivity index (χ4v) is 3.98. The molecule has 0 bridgehead atoms. The molecule has 122 valence electrons. The number of anilines is 1. The van der Waals surface area contributed by atoms with Gasteiger partial charge >= 0.3 is 0 Å². The van der Waals surface area contributed by atoms with Crippen molar-refractivity contribution in [3.8, 4) is 0 Å². The smallest absolute Gasteiger partial charge is 0.238 e. The highest BCUT2D eigenvalue weighted by atomic mass is 35.5. The van der Waals surface area contributed by atoms with E-state index in [0.717, 1.165) is 25.1 Å². The topological polar surface area (TPSA) is 84.0 Å². The number of aromatic nitrogens is 2. The average Bonchev–Trinajstić information content (AvgIpc) is 3.04. The van der Waals surface area contributed by atoms with Crippen molar-refractivity contribution in [3.63, 3.8) is 0 Å². The molecule has 1 aromatic carbocycles. The molecule has 0 aliphatic carbocycles. The van der Waals surface area contributed by atoms with Crippen LogP contribution >= 0.6 is 11.6 Å². The second-order valence-electron chi connectivity index (χ2n) is 5.44. The van der Waals surface area contributed by atoms with Crippen LogP contribution in [0.2, 0.25) is 5.02 Å². The van der Waals surface area contributed by atoms with Crippen molar-refractivity contribution in [2.75, 3.05) is 11.3 Å². The lowest BCUT2D eigenvalue weighted by atomic mass is 10.1. The molecule has 2 heterocycles. The molecule has 1 aliphatic rings. The number of nitrogens with zero attached hydrogens (tertiary/aromatic N) is 2. The number of benzene rings is 1. The van der Waals surface area contributed by atoms with E-state index in [9.17, 15) is 8.42 Å². The molecule has 8 heteroatoms. The van der Waals surface area contributed by atoms with Gasteiger partial charge in [0.05, 0.1) is 17.5 Å². The predicted octanol–water partition coefficient (Wildman–Crippen LogP) is 2.50. The fourth-order valence-electron chi connectivity index (χ4n) is 2.54. The van der Waals surface area contributed by atoms with Crippen molar-refractivity contribution in [2.45, 2.75) is 24.6 Å². The van der Waals surface area contributed by atoms with Crippen molar-refractivity contribution in [1.82, 2.24) is 15.5 Å². The second kappa shape index (κ2) is 6.82. The predicted molar refractivity (Wildman–Crippen MR) is 89.7 cm³/mol. The molecule has 1 unspecified atom stereocenters. The molecular weight excluding hydrogens is 336 g/mol. The molecule has 1 saturated heterocycles. The summed E-state index contributed by atoms with van der Waals surface area (Å²) < 4.78 is 26.9. The number of nitrogens with one attached hydrogen (secondary N) is 2. The molecule has 1 aliphatic heterocycles. The van der Waals surface area contributed by atoms with Crippen molar-refractivity contribution < 1.29 is 8.42 Å². The Hall–Kier alpha value is -1.70. The average molecular weight is 353 g/mol. The van der Waals surface area contributed by atoms with Crippen LogP contribution < -0.4 is 10.0 Å². The molecule has 0 spiro atoms. The first kappa shape index (κ1) is 16.2. The summed E-state index contributed by atoms with van der Waals surface area (Å²) in [7, 11) is -3.59. The molecule has 1 fully saturated rings. The summed E-state index contributed by atoms with van der Waals surface area (Å²) in [5.41, 5.74) is 1.37. The van der Waals surface area contributed by atoms with E-state index in [1.165, 1.54) is 0 Å². The Morgan fingerprint density at radius 3 is 2.70 bits per heavy atom. The van der Waals surface area contributed by atoms with E-state index in [1.54, 1.807) is 36.4 Å². The summed E-state index contributed by atoms with van der Waals surface area (Å²) in [5, 5.41) is 11.8. The lowest BCUT2D eigenvalue weighted by Crippen LogP contribution is -2.18.